The molecule has 0 fully saturated rings. The molecule has 0 bridgehead atoms. The first-order valence-corrected chi connectivity index (χ1v) is 28.1. The van der Waals surface area contributed by atoms with Gasteiger partial charge >= 0.3 is 54.8 Å². The van der Waals surface area contributed by atoms with Crippen LogP contribution in [0, 0.1) is 20.8 Å². The van der Waals surface area contributed by atoms with Gasteiger partial charge in [0.15, 0.2) is 0 Å². The van der Waals surface area contributed by atoms with E-state index >= 15 is 0 Å². The van der Waals surface area contributed by atoms with Crippen molar-refractivity contribution >= 4 is 115 Å². The molecule has 0 amide bonds. The number of carboxylic acid groups (broad SMARTS) is 4. The molecule has 25 nitrogen and oxygen atoms in total. The summed E-state index contributed by atoms with van der Waals surface area (Å²) in [6.45, 7) is 6.39. The zero-order valence-corrected chi connectivity index (χ0v) is 56.0. The Labute approximate surface area is 570 Å². The van der Waals surface area contributed by atoms with Crippen molar-refractivity contribution in [1.82, 2.24) is 58.3 Å². The molecule has 0 spiro atoms. The summed E-state index contributed by atoms with van der Waals surface area (Å²) in [7, 11) is 18.9. The Hall–Kier alpha value is -11.1. The molecule has 0 radical (unpaired) electrons. The molecular weight excluding hydrogens is 1400 g/mol. The number of ketones is 1. The first-order valence-electron chi connectivity index (χ1n) is 28.1. The second-order valence-electron chi connectivity index (χ2n) is 22.9. The summed E-state index contributed by atoms with van der Waals surface area (Å²) < 4.78 is 161. The maximum Gasteiger partial charge on any atom is 0.490 e. The largest absolute Gasteiger partial charge is 0.490 e. The van der Waals surface area contributed by atoms with Crippen LogP contribution in [0.15, 0.2) is 128 Å². The minimum atomic E-state index is -5.08. The van der Waals surface area contributed by atoms with Crippen LogP contribution in [0.4, 0.5) is 118 Å². The van der Waals surface area contributed by atoms with E-state index < -0.39 is 60.5 Å². The zero-order chi connectivity index (χ0) is 77.6. The van der Waals surface area contributed by atoms with Gasteiger partial charge in [0.25, 0.3) is 0 Å². The third kappa shape index (κ3) is 32.7. The highest BCUT2D eigenvalue weighted by atomic mass is 19.4. The number of aliphatic carboxylic acids is 4. The van der Waals surface area contributed by atoms with E-state index in [1.54, 1.807) is 18.6 Å². The number of carboxylic acids is 4. The lowest BCUT2D eigenvalue weighted by Crippen LogP contribution is -2.35. The Kier molecular flexibility index (Phi) is 32.1. The van der Waals surface area contributed by atoms with Gasteiger partial charge in [0.1, 0.15) is 17.5 Å². The SMILES string of the molecule is CC(=O)C(F)(F)F.Cc1cc(Nc2ccc3nc([N+](C)(C)C)ccc3n2)ccn1.Cc1cc(Nc2ccc3nc([N+](C)(C)C)ccc3n2)ccn1.Cc1cc(Nc2ccc3nc([N+](C)(C)C)ccc3n2)ccn1.O.O=C(O)C(F)(F)F.O=C(O)C(F)(F)F.O=C(O)C(F)(F)F.O=C(O)C(F)(F)F. The molecule has 554 valence electrons. The highest BCUT2D eigenvalue weighted by Crippen LogP contribution is 2.26. The number of quaternary nitrogens is 3. The van der Waals surface area contributed by atoms with E-state index in [2.05, 4.69) is 124 Å². The standard InChI is InChI=1S/3C17H20N5.C3H3F3O.4C2HF3O2.H2O/c3*1-12-11-13(9-10-18-12)19-16-7-5-15-14(20-16)6-8-17(21-15)22(2,3)4;1-2(7)3(4,5)6;4*3-2(4,5)1(6)7;/h3*5-11H,1-4H3,(H,18,19,20);1H3;4*(H,6,7);1H2/q3*+1;;;;;;. The van der Waals surface area contributed by atoms with Crippen molar-refractivity contribution in [1.29, 1.82) is 0 Å². The van der Waals surface area contributed by atoms with E-state index in [0.717, 1.165) is 102 Å². The minimum absolute atomic E-state index is 0. The summed E-state index contributed by atoms with van der Waals surface area (Å²) in [6.07, 6.45) is -19.6. The number of hydrogen-bond acceptors (Lipinski definition) is 17. The number of fused-ring (bicyclic) bond motifs is 3. The molecule has 9 heterocycles. The summed E-state index contributed by atoms with van der Waals surface area (Å²) in [5, 5.41) is 38.4. The lowest BCUT2D eigenvalue weighted by molar-refractivity contribution is -0.193. The molecule has 9 rings (SSSR count). The predicted octanol–water partition coefficient (Wildman–Crippen LogP) is 12.7. The van der Waals surface area contributed by atoms with Gasteiger partial charge in [0.05, 0.1) is 96.5 Å². The van der Waals surface area contributed by atoms with Crippen LogP contribution in [0.3, 0.4) is 0 Å². The fourth-order valence-corrected chi connectivity index (χ4v) is 6.64. The van der Waals surface area contributed by atoms with Crippen LogP contribution in [0.1, 0.15) is 24.0 Å². The van der Waals surface area contributed by atoms with E-state index in [1.807, 2.05) is 130 Å². The smallest absolute Gasteiger partial charge is 0.475 e. The van der Waals surface area contributed by atoms with Gasteiger partial charge in [-0.25, -0.2) is 34.1 Å². The third-order valence-corrected chi connectivity index (χ3v) is 11.5. The molecule has 0 aliphatic carbocycles. The van der Waals surface area contributed by atoms with Gasteiger partial charge in [0, 0.05) is 77.9 Å². The second kappa shape index (κ2) is 36.8. The van der Waals surface area contributed by atoms with E-state index in [9.17, 15) is 70.7 Å². The highest BCUT2D eigenvalue weighted by Gasteiger charge is 2.40. The fraction of sp³-hybridized carbons (Fsp3) is 0.290. The molecular formula is C62H69F15N15O10+3. The number of alkyl halides is 15. The zero-order valence-electron chi connectivity index (χ0n) is 56.0. The summed E-state index contributed by atoms with van der Waals surface area (Å²) in [6, 6.07) is 35.7. The number of carbonyl (C=O) groups excluding carboxylic acids is 1. The minimum Gasteiger partial charge on any atom is -0.475 e. The quantitative estimate of drug-likeness (QED) is 0.0521. The van der Waals surface area contributed by atoms with Crippen LogP contribution >= 0.6 is 0 Å². The first kappa shape index (κ1) is 88.9. The number of carbonyl (C=O) groups is 5. The Morgan fingerprint density at radius 3 is 0.657 bits per heavy atom. The lowest BCUT2D eigenvalue weighted by atomic mass is 10.3. The maximum absolute atomic E-state index is 10.8. The van der Waals surface area contributed by atoms with Crippen LogP contribution in [-0.4, -0.2) is 195 Å². The number of aromatic nitrogens is 9. The predicted molar refractivity (Wildman–Crippen MR) is 349 cm³/mol. The van der Waals surface area contributed by atoms with Gasteiger partial charge in [-0.2, -0.15) is 80.8 Å². The number of rotatable bonds is 9. The molecule has 102 heavy (non-hydrogen) atoms. The Morgan fingerprint density at radius 1 is 0.324 bits per heavy atom. The van der Waals surface area contributed by atoms with Gasteiger partial charge in [-0.05, 0) is 112 Å². The number of halogens is 15. The summed E-state index contributed by atoms with van der Waals surface area (Å²) in [5.41, 5.74) is 11.2. The number of nitrogens with zero attached hydrogens (tertiary/aromatic N) is 12. The van der Waals surface area contributed by atoms with Gasteiger partial charge in [0.2, 0.25) is 23.2 Å². The molecule has 0 aromatic carbocycles. The molecule has 9 aromatic heterocycles. The molecule has 0 unspecified atom stereocenters. The fourth-order valence-electron chi connectivity index (χ4n) is 6.64. The van der Waals surface area contributed by atoms with Crippen molar-refractivity contribution in [3.63, 3.8) is 0 Å². The number of anilines is 6. The van der Waals surface area contributed by atoms with E-state index in [0.29, 0.717) is 20.4 Å². The molecule has 0 atom stereocenters. The first-order chi connectivity index (χ1) is 46.0. The van der Waals surface area contributed by atoms with E-state index in [4.69, 9.17) is 39.6 Å². The van der Waals surface area contributed by atoms with Crippen molar-refractivity contribution < 1.29 is 116 Å². The normalized spacial score (nSPS) is 11.4. The van der Waals surface area contributed by atoms with E-state index in [-0.39, 0.29) is 5.48 Å². The van der Waals surface area contributed by atoms with Crippen LogP contribution in [0.2, 0.25) is 0 Å². The molecule has 9 N–H and O–H groups in total. The topological polar surface area (TPSA) is 350 Å². The Bertz CT molecular complexity index is 3820. The third-order valence-electron chi connectivity index (χ3n) is 11.5. The maximum atomic E-state index is 10.8. The van der Waals surface area contributed by atoms with Crippen LogP contribution in [0.5, 0.6) is 0 Å². The van der Waals surface area contributed by atoms with Crippen LogP contribution in [0.25, 0.3) is 33.1 Å². The molecule has 0 saturated heterocycles. The lowest BCUT2D eigenvalue weighted by Gasteiger charge is -2.21. The Balaban J connectivity index is 0.000000620. The van der Waals surface area contributed by atoms with Crippen molar-refractivity contribution in [2.24, 2.45) is 0 Å². The van der Waals surface area contributed by atoms with Crippen LogP contribution < -0.4 is 29.4 Å². The van der Waals surface area contributed by atoms with Crippen molar-refractivity contribution in [3.05, 3.63) is 145 Å². The van der Waals surface area contributed by atoms with Crippen LogP contribution in [-0.2, 0) is 24.0 Å². The highest BCUT2D eigenvalue weighted by molar-refractivity contribution is 5.82. The van der Waals surface area contributed by atoms with Crippen molar-refractivity contribution in [3.8, 4) is 0 Å². The van der Waals surface area contributed by atoms with Crippen molar-refractivity contribution in [2.45, 2.75) is 58.6 Å². The number of aryl methyl sites for hydroxylation is 3. The average molecular weight is 1470 g/mol. The van der Waals surface area contributed by atoms with Gasteiger partial charge in [-0.1, -0.05) is 0 Å². The number of Topliss-reactive ketones (excluding diaryl/α,β-unsaturated/α-hetero) is 1. The molecule has 0 aliphatic heterocycles. The van der Waals surface area contributed by atoms with Crippen molar-refractivity contribution in [2.75, 3.05) is 79.4 Å². The summed E-state index contributed by atoms with van der Waals surface area (Å²) in [5.74, 6) is -7.33. The molecule has 0 saturated carbocycles. The monoisotopic (exact) mass is 1470 g/mol. The van der Waals surface area contributed by atoms with Gasteiger partial charge in [-0.3, -0.25) is 33.2 Å². The molecule has 40 heteroatoms. The second-order valence-corrected chi connectivity index (χ2v) is 22.9. The molecule has 0 aliphatic rings. The molecule has 9 aromatic rings. The summed E-state index contributed by atoms with van der Waals surface area (Å²) >= 11 is 0. The van der Waals surface area contributed by atoms with Gasteiger partial charge < -0.3 is 41.9 Å². The average Bonchev–Trinajstić information content (AvgIpc) is 0.817. The Morgan fingerprint density at radius 2 is 0.500 bits per heavy atom. The number of pyridine rings is 9. The van der Waals surface area contributed by atoms with Gasteiger partial charge in [-0.15, -0.1) is 0 Å². The van der Waals surface area contributed by atoms with E-state index in [1.165, 1.54) is 0 Å². The number of hydrogen-bond donors (Lipinski definition) is 7. The summed E-state index contributed by atoms with van der Waals surface area (Å²) in [4.78, 5) is 85.4. The number of nitrogens with one attached hydrogen (secondary N) is 3.